The Bertz CT molecular complexity index is 183. The van der Waals surface area contributed by atoms with Crippen LogP contribution in [0.4, 0.5) is 0 Å². The van der Waals surface area contributed by atoms with Gasteiger partial charge in [0.05, 0.1) is 6.07 Å². The number of thioether (sulfide) groups is 1. The molecule has 0 saturated carbocycles. The van der Waals surface area contributed by atoms with Crippen molar-refractivity contribution in [1.29, 1.82) is 5.26 Å². The van der Waals surface area contributed by atoms with Crippen LogP contribution in [-0.2, 0) is 4.79 Å². The molecular weight excluding hydrogens is 158 g/mol. The van der Waals surface area contributed by atoms with Crippen LogP contribution in [0.2, 0.25) is 0 Å². The van der Waals surface area contributed by atoms with Gasteiger partial charge in [-0.05, 0) is 12.2 Å². The van der Waals surface area contributed by atoms with Crippen molar-refractivity contribution in [3.05, 3.63) is 12.7 Å². The topological polar surface area (TPSA) is 40.9 Å². The number of carbonyl (C=O) groups is 1. The molecule has 0 rings (SSSR count). The highest BCUT2D eigenvalue weighted by atomic mass is 32.2. The molecule has 2 nitrogen and oxygen atoms in total. The third-order valence-corrected chi connectivity index (χ3v) is 1.99. The highest BCUT2D eigenvalue weighted by Crippen LogP contribution is 2.13. The minimum absolute atomic E-state index is 0.0464. The molecule has 0 N–H and O–H groups in total. The van der Waals surface area contributed by atoms with E-state index in [1.165, 1.54) is 11.8 Å². The smallest absolute Gasteiger partial charge is 0.206 e. The fourth-order valence-electron chi connectivity index (χ4n) is 0.611. The Balaban J connectivity index is 3.94. The van der Waals surface area contributed by atoms with E-state index in [-0.39, 0.29) is 5.12 Å². The first kappa shape index (κ1) is 10.2. The van der Waals surface area contributed by atoms with Crippen LogP contribution in [0.15, 0.2) is 12.7 Å². The third-order valence-electron chi connectivity index (χ3n) is 1.13. The summed E-state index contributed by atoms with van der Waals surface area (Å²) in [6.07, 6.45) is 2.06. The first-order valence-corrected chi connectivity index (χ1v) is 4.42. The third kappa shape index (κ3) is 3.84. The van der Waals surface area contributed by atoms with E-state index in [9.17, 15) is 4.79 Å². The molecule has 0 heterocycles. The summed E-state index contributed by atoms with van der Waals surface area (Å²) in [5.41, 5.74) is 0. The first-order chi connectivity index (χ1) is 5.26. The van der Waals surface area contributed by atoms with E-state index in [2.05, 4.69) is 6.58 Å². The fraction of sp³-hybridized carbons (Fsp3) is 0.500. The second-order valence-corrected chi connectivity index (χ2v) is 3.23. The lowest BCUT2D eigenvalue weighted by molar-refractivity contribution is -0.112. The van der Waals surface area contributed by atoms with Crippen molar-refractivity contribution >= 4 is 16.9 Å². The molecule has 0 aromatic heterocycles. The number of carbonyl (C=O) groups excluding carboxylic acids is 1. The summed E-state index contributed by atoms with van der Waals surface area (Å²) in [6, 6.07) is 1.95. The summed E-state index contributed by atoms with van der Waals surface area (Å²) in [4.78, 5) is 11.1. The lowest BCUT2D eigenvalue weighted by Gasteiger charge is -2.01. The number of hydrogen-bond donors (Lipinski definition) is 0. The molecule has 1 atom stereocenters. The van der Waals surface area contributed by atoms with Gasteiger partial charge in [-0.3, -0.25) is 4.79 Å². The van der Waals surface area contributed by atoms with Gasteiger partial charge in [0.1, 0.15) is 5.92 Å². The minimum atomic E-state index is -0.502. The van der Waals surface area contributed by atoms with E-state index < -0.39 is 5.92 Å². The summed E-state index contributed by atoms with van der Waals surface area (Å²) in [5.74, 6) is 0.228. The zero-order valence-corrected chi connectivity index (χ0v) is 7.36. The summed E-state index contributed by atoms with van der Waals surface area (Å²) >= 11 is 1.19. The number of nitrogens with zero attached hydrogens (tertiary/aromatic N) is 1. The van der Waals surface area contributed by atoms with Crippen molar-refractivity contribution in [2.75, 3.05) is 5.75 Å². The van der Waals surface area contributed by atoms with Gasteiger partial charge in [0.15, 0.2) is 0 Å². The Kier molecular flexibility index (Phi) is 5.58. The molecule has 0 radical (unpaired) electrons. The molecule has 1 unspecified atom stereocenters. The van der Waals surface area contributed by atoms with Gasteiger partial charge in [-0.15, -0.1) is 6.58 Å². The van der Waals surface area contributed by atoms with Crippen LogP contribution >= 0.6 is 11.8 Å². The largest absolute Gasteiger partial charge is 0.286 e. The standard InChI is InChI=1S/C8H11NOS/c1-3-5-7(6-9)8(10)11-4-2/h3,7H,1,4-5H2,2H3. The van der Waals surface area contributed by atoms with Gasteiger partial charge in [-0.1, -0.05) is 24.8 Å². The molecule has 0 spiro atoms. The Morgan fingerprint density at radius 3 is 2.91 bits per heavy atom. The minimum Gasteiger partial charge on any atom is -0.286 e. The predicted molar refractivity (Wildman–Crippen MR) is 47.1 cm³/mol. The van der Waals surface area contributed by atoms with Gasteiger partial charge in [-0.25, -0.2) is 0 Å². The van der Waals surface area contributed by atoms with Crippen molar-refractivity contribution in [3.63, 3.8) is 0 Å². The summed E-state index contributed by atoms with van der Waals surface area (Å²) < 4.78 is 0. The van der Waals surface area contributed by atoms with E-state index in [4.69, 9.17) is 5.26 Å². The molecular formula is C8H11NOS. The molecule has 0 fully saturated rings. The average molecular weight is 169 g/mol. The number of hydrogen-bond acceptors (Lipinski definition) is 3. The van der Waals surface area contributed by atoms with Gasteiger partial charge in [0, 0.05) is 0 Å². The molecule has 0 aliphatic heterocycles. The Labute approximate surface area is 71.3 Å². The second kappa shape index (κ2) is 5.99. The molecule has 11 heavy (non-hydrogen) atoms. The van der Waals surface area contributed by atoms with Crippen LogP contribution in [0, 0.1) is 17.2 Å². The monoisotopic (exact) mass is 169 g/mol. The highest BCUT2D eigenvalue weighted by molar-refractivity contribution is 8.13. The Morgan fingerprint density at radius 1 is 1.91 bits per heavy atom. The molecule has 0 aromatic carbocycles. The molecule has 3 heteroatoms. The SMILES string of the molecule is C=CCC(C#N)C(=O)SCC. The molecule has 0 bridgehead atoms. The maximum absolute atomic E-state index is 11.1. The van der Waals surface area contributed by atoms with Crippen LogP contribution in [0.1, 0.15) is 13.3 Å². The quantitative estimate of drug-likeness (QED) is 0.604. The van der Waals surface area contributed by atoms with Crippen LogP contribution in [0.3, 0.4) is 0 Å². The molecule has 0 aliphatic rings. The van der Waals surface area contributed by atoms with E-state index in [1.807, 2.05) is 13.0 Å². The van der Waals surface area contributed by atoms with E-state index in [0.29, 0.717) is 6.42 Å². The van der Waals surface area contributed by atoms with Gasteiger partial charge in [0.25, 0.3) is 0 Å². The van der Waals surface area contributed by atoms with Crippen molar-refractivity contribution in [2.24, 2.45) is 5.92 Å². The first-order valence-electron chi connectivity index (χ1n) is 3.43. The number of rotatable bonds is 4. The summed E-state index contributed by atoms with van der Waals surface area (Å²) in [5, 5.41) is 8.48. The highest BCUT2D eigenvalue weighted by Gasteiger charge is 2.14. The maximum atomic E-state index is 11.1. The van der Waals surface area contributed by atoms with Gasteiger partial charge < -0.3 is 0 Å². The van der Waals surface area contributed by atoms with Gasteiger partial charge >= 0.3 is 0 Å². The van der Waals surface area contributed by atoms with Gasteiger partial charge in [-0.2, -0.15) is 5.26 Å². The lowest BCUT2D eigenvalue weighted by Crippen LogP contribution is -2.07. The normalized spacial score (nSPS) is 11.6. The van der Waals surface area contributed by atoms with E-state index in [0.717, 1.165) is 5.75 Å². The second-order valence-electron chi connectivity index (χ2n) is 1.96. The lowest BCUT2D eigenvalue weighted by atomic mass is 10.1. The van der Waals surface area contributed by atoms with Crippen LogP contribution in [0.25, 0.3) is 0 Å². The maximum Gasteiger partial charge on any atom is 0.206 e. The van der Waals surface area contributed by atoms with Crippen LogP contribution in [0.5, 0.6) is 0 Å². The average Bonchev–Trinajstić information content (AvgIpc) is 2.00. The van der Waals surface area contributed by atoms with Gasteiger partial charge in [0.2, 0.25) is 5.12 Å². The van der Waals surface area contributed by atoms with Crippen molar-refractivity contribution < 1.29 is 4.79 Å². The molecule has 0 amide bonds. The van der Waals surface area contributed by atoms with E-state index in [1.54, 1.807) is 6.08 Å². The van der Waals surface area contributed by atoms with Crippen molar-refractivity contribution in [2.45, 2.75) is 13.3 Å². The van der Waals surface area contributed by atoms with Crippen LogP contribution in [-0.4, -0.2) is 10.9 Å². The zero-order valence-electron chi connectivity index (χ0n) is 6.54. The molecule has 0 aliphatic carbocycles. The zero-order chi connectivity index (χ0) is 8.69. The van der Waals surface area contributed by atoms with Crippen molar-refractivity contribution in [3.8, 4) is 6.07 Å². The Hall–Kier alpha value is -0.750. The summed E-state index contributed by atoms with van der Waals surface area (Å²) in [7, 11) is 0. The van der Waals surface area contributed by atoms with Crippen LogP contribution < -0.4 is 0 Å². The molecule has 0 saturated heterocycles. The number of allylic oxidation sites excluding steroid dienone is 1. The molecule has 0 aromatic rings. The number of nitriles is 1. The fourth-order valence-corrected chi connectivity index (χ4v) is 1.25. The predicted octanol–water partition coefficient (Wildman–Crippen LogP) is 1.98. The molecule has 60 valence electrons. The van der Waals surface area contributed by atoms with Crippen molar-refractivity contribution in [1.82, 2.24) is 0 Å². The Morgan fingerprint density at radius 2 is 2.55 bits per heavy atom. The summed E-state index contributed by atoms with van der Waals surface area (Å²) in [6.45, 7) is 5.37. The van der Waals surface area contributed by atoms with E-state index >= 15 is 0 Å².